The molecule has 4 aliphatic rings. The average Bonchev–Trinajstić information content (AvgIpc) is 3.69. The Labute approximate surface area is 292 Å². The molecule has 2 N–H and O–H groups in total. The van der Waals surface area contributed by atoms with Gasteiger partial charge in [-0.3, -0.25) is 19.2 Å². The third-order valence-corrected chi connectivity index (χ3v) is 11.3. The van der Waals surface area contributed by atoms with Gasteiger partial charge in [-0.2, -0.15) is 0 Å². The highest BCUT2D eigenvalue weighted by atomic mass is 79.9. The summed E-state index contributed by atoms with van der Waals surface area (Å²) in [6.07, 6.45) is 10.9. The number of esters is 1. The maximum absolute atomic E-state index is 14.8. The van der Waals surface area contributed by atoms with Crippen LogP contribution < -0.4 is 5.32 Å². The SMILES string of the molecule is C=CCCC(=O)OC[C@H](NC(=O)[C@H]1[C@@H]2O[C@@]3(CC2Br)[C@@H]1C(=O)N(CCCCCO)[C@@H]3C(=O)N(CC=C)C1CCCCC1)c1ccccc1. The van der Waals surface area contributed by atoms with Crippen molar-refractivity contribution in [2.24, 2.45) is 11.8 Å². The van der Waals surface area contributed by atoms with Gasteiger partial charge in [0.2, 0.25) is 17.7 Å². The molecule has 262 valence electrons. The van der Waals surface area contributed by atoms with Gasteiger partial charge in [0.1, 0.15) is 18.2 Å². The standard InChI is InChI=1S/C37H50BrN3O7/c1-3-5-19-29(43)47-24-28(25-15-9-6-10-16-25)39-34(44)30-31-35(45)41(21-13-8-14-22-42)33(37(31)23-27(38)32(30)48-37)36(46)40(20-4-2)26-17-11-7-12-18-26/h3-4,6,9-10,15-16,26-28,30-33,42H,1-2,5,7-8,11-14,17-24H2,(H,39,44)/t27?,28-,30+,31-,32+,33+,37-/m0/s1. The molecule has 5 rings (SSSR count). The number of hydrogen-bond acceptors (Lipinski definition) is 7. The highest BCUT2D eigenvalue weighted by Crippen LogP contribution is 2.60. The van der Waals surface area contributed by atoms with E-state index in [0.717, 1.165) is 37.7 Å². The Kier molecular flexibility index (Phi) is 12.5. The number of aliphatic hydroxyl groups is 1. The molecule has 3 saturated heterocycles. The van der Waals surface area contributed by atoms with Gasteiger partial charge in [-0.15, -0.1) is 13.2 Å². The average molecular weight is 729 g/mol. The molecule has 48 heavy (non-hydrogen) atoms. The van der Waals surface area contributed by atoms with E-state index in [-0.39, 0.29) is 54.2 Å². The van der Waals surface area contributed by atoms with Gasteiger partial charge >= 0.3 is 5.97 Å². The number of unbranched alkanes of at least 4 members (excludes halogenated alkanes) is 2. The van der Waals surface area contributed by atoms with Crippen LogP contribution in [0.25, 0.3) is 0 Å². The van der Waals surface area contributed by atoms with Crippen LogP contribution in [0.5, 0.6) is 0 Å². The molecule has 2 bridgehead atoms. The predicted octanol–water partition coefficient (Wildman–Crippen LogP) is 4.61. The minimum absolute atomic E-state index is 0.0577. The molecule has 11 heteroatoms. The van der Waals surface area contributed by atoms with Gasteiger partial charge in [0.25, 0.3) is 0 Å². The van der Waals surface area contributed by atoms with E-state index in [4.69, 9.17) is 9.47 Å². The molecule has 1 aromatic rings. The van der Waals surface area contributed by atoms with Crippen molar-refractivity contribution >= 4 is 39.6 Å². The van der Waals surface area contributed by atoms with Gasteiger partial charge in [-0.25, -0.2) is 0 Å². The molecule has 1 spiro atoms. The van der Waals surface area contributed by atoms with E-state index in [0.29, 0.717) is 45.2 Å². The molecule has 0 radical (unpaired) electrons. The van der Waals surface area contributed by atoms with Crippen LogP contribution in [-0.4, -0.2) is 93.5 Å². The minimum atomic E-state index is -1.17. The van der Waals surface area contributed by atoms with Crippen molar-refractivity contribution < 1.29 is 33.8 Å². The summed E-state index contributed by atoms with van der Waals surface area (Å²) in [5.41, 5.74) is -0.403. The van der Waals surface area contributed by atoms with Gasteiger partial charge < -0.3 is 29.7 Å². The second-order valence-corrected chi connectivity index (χ2v) is 14.7. The Bertz CT molecular complexity index is 1320. The van der Waals surface area contributed by atoms with Crippen molar-refractivity contribution in [2.45, 2.75) is 105 Å². The predicted molar refractivity (Wildman–Crippen MR) is 185 cm³/mol. The molecule has 10 nitrogen and oxygen atoms in total. The fourth-order valence-electron chi connectivity index (χ4n) is 8.27. The van der Waals surface area contributed by atoms with E-state index < -0.39 is 35.6 Å². The first-order chi connectivity index (χ1) is 23.3. The van der Waals surface area contributed by atoms with Gasteiger partial charge in [0.05, 0.1) is 24.0 Å². The van der Waals surface area contributed by atoms with Crippen LogP contribution in [0.1, 0.15) is 82.2 Å². The van der Waals surface area contributed by atoms with Crippen LogP contribution >= 0.6 is 15.9 Å². The summed E-state index contributed by atoms with van der Waals surface area (Å²) in [5, 5.41) is 12.5. The number of carbonyl (C=O) groups excluding carboxylic acids is 4. The normalized spacial score (nSPS) is 28.5. The number of benzene rings is 1. The van der Waals surface area contributed by atoms with Crippen LogP contribution in [0.4, 0.5) is 0 Å². The number of aliphatic hydroxyl groups excluding tert-OH is 1. The van der Waals surface area contributed by atoms with Crippen LogP contribution in [-0.2, 0) is 28.7 Å². The summed E-state index contributed by atoms with van der Waals surface area (Å²) in [6.45, 7) is 8.29. The number of carbonyl (C=O) groups is 4. The molecule has 7 atom stereocenters. The number of amides is 3. The number of rotatable bonds is 17. The Balaban J connectivity index is 1.44. The van der Waals surface area contributed by atoms with Crippen LogP contribution in [0.3, 0.4) is 0 Å². The van der Waals surface area contributed by atoms with Gasteiger partial charge in [0.15, 0.2) is 0 Å². The lowest BCUT2D eigenvalue weighted by atomic mass is 9.70. The van der Waals surface area contributed by atoms with Crippen molar-refractivity contribution in [3.63, 3.8) is 0 Å². The monoisotopic (exact) mass is 727 g/mol. The fraction of sp³-hybridized carbons (Fsp3) is 0.622. The summed E-state index contributed by atoms with van der Waals surface area (Å²) in [6, 6.07) is 7.83. The Morgan fingerprint density at radius 2 is 1.88 bits per heavy atom. The maximum atomic E-state index is 14.8. The number of ether oxygens (including phenoxy) is 2. The fourth-order valence-corrected chi connectivity index (χ4v) is 9.21. The van der Waals surface area contributed by atoms with Crippen LogP contribution in [0, 0.1) is 11.8 Å². The first-order valence-electron chi connectivity index (χ1n) is 17.5. The van der Waals surface area contributed by atoms with Crippen molar-refractivity contribution in [1.82, 2.24) is 15.1 Å². The minimum Gasteiger partial charge on any atom is -0.463 e. The Morgan fingerprint density at radius 1 is 1.12 bits per heavy atom. The van der Waals surface area contributed by atoms with Crippen molar-refractivity contribution in [3.05, 3.63) is 61.2 Å². The van der Waals surface area contributed by atoms with E-state index in [1.807, 2.05) is 35.2 Å². The quantitative estimate of drug-likeness (QED) is 0.104. The second-order valence-electron chi connectivity index (χ2n) is 13.5. The summed E-state index contributed by atoms with van der Waals surface area (Å²) in [5.74, 6) is -2.84. The molecule has 1 aromatic carbocycles. The van der Waals surface area contributed by atoms with Crippen molar-refractivity contribution in [2.75, 3.05) is 26.3 Å². The summed E-state index contributed by atoms with van der Waals surface area (Å²) in [7, 11) is 0. The molecule has 0 aromatic heterocycles. The molecule has 3 amide bonds. The first kappa shape index (κ1) is 36.3. The molecule has 3 aliphatic heterocycles. The summed E-state index contributed by atoms with van der Waals surface area (Å²) in [4.78, 5) is 59.4. The number of nitrogens with one attached hydrogen (secondary N) is 1. The van der Waals surface area contributed by atoms with Crippen LogP contribution in [0.2, 0.25) is 0 Å². The smallest absolute Gasteiger partial charge is 0.306 e. The van der Waals surface area contributed by atoms with E-state index in [9.17, 15) is 24.3 Å². The van der Waals surface area contributed by atoms with E-state index in [2.05, 4.69) is 34.4 Å². The third kappa shape index (κ3) is 7.43. The molecular formula is C37H50BrN3O7. The number of likely N-dealkylation sites (tertiary alicyclic amines) is 1. The largest absolute Gasteiger partial charge is 0.463 e. The number of allylic oxidation sites excluding steroid dienone is 1. The molecule has 1 saturated carbocycles. The lowest BCUT2D eigenvalue weighted by Gasteiger charge is -2.41. The molecule has 1 aliphatic carbocycles. The number of halogens is 1. The zero-order valence-electron chi connectivity index (χ0n) is 27.8. The number of nitrogens with zero attached hydrogens (tertiary/aromatic N) is 2. The number of fused-ring (bicyclic) bond motifs is 1. The zero-order chi connectivity index (χ0) is 34.3. The van der Waals surface area contributed by atoms with Crippen molar-refractivity contribution in [1.29, 1.82) is 0 Å². The van der Waals surface area contributed by atoms with E-state index in [1.165, 1.54) is 0 Å². The highest BCUT2D eigenvalue weighted by molar-refractivity contribution is 9.09. The molecule has 1 unspecified atom stereocenters. The van der Waals surface area contributed by atoms with E-state index in [1.54, 1.807) is 17.1 Å². The lowest BCUT2D eigenvalue weighted by molar-refractivity contribution is -0.150. The first-order valence-corrected chi connectivity index (χ1v) is 18.4. The highest BCUT2D eigenvalue weighted by Gasteiger charge is 2.76. The summed E-state index contributed by atoms with van der Waals surface area (Å²) < 4.78 is 12.3. The maximum Gasteiger partial charge on any atom is 0.306 e. The van der Waals surface area contributed by atoms with Gasteiger partial charge in [-0.05, 0) is 50.5 Å². The van der Waals surface area contributed by atoms with Gasteiger partial charge in [0, 0.05) is 37.0 Å². The van der Waals surface area contributed by atoms with E-state index >= 15 is 0 Å². The second kappa shape index (κ2) is 16.6. The third-order valence-electron chi connectivity index (χ3n) is 10.5. The van der Waals surface area contributed by atoms with Gasteiger partial charge in [-0.1, -0.05) is 77.7 Å². The summed E-state index contributed by atoms with van der Waals surface area (Å²) >= 11 is 3.77. The number of alkyl halides is 1. The Hall–Kier alpha value is -3.02. The lowest BCUT2D eigenvalue weighted by Crippen LogP contribution is -2.58. The number of hydrogen-bond donors (Lipinski definition) is 2. The van der Waals surface area contributed by atoms with Crippen LogP contribution in [0.15, 0.2) is 55.6 Å². The molecule has 4 fully saturated rings. The Morgan fingerprint density at radius 3 is 2.56 bits per heavy atom. The molecular weight excluding hydrogens is 678 g/mol. The zero-order valence-corrected chi connectivity index (χ0v) is 29.4. The van der Waals surface area contributed by atoms with Crippen molar-refractivity contribution in [3.8, 4) is 0 Å². The molecule has 3 heterocycles. The topological polar surface area (TPSA) is 125 Å².